The minimum absolute atomic E-state index is 0.198. The zero-order chi connectivity index (χ0) is 14.2. The van der Waals surface area contributed by atoms with Gasteiger partial charge in [0, 0.05) is 13.0 Å². The van der Waals surface area contributed by atoms with Gasteiger partial charge in [0.15, 0.2) is 5.79 Å². The molecule has 2 fully saturated rings. The minimum atomic E-state index is -3.57. The number of rotatable bonds is 2. The summed E-state index contributed by atoms with van der Waals surface area (Å²) >= 11 is 0.992. The fraction of sp³-hybridized carbons (Fsp3) is 0.583. The van der Waals surface area contributed by atoms with E-state index in [-0.39, 0.29) is 10.8 Å². The highest BCUT2D eigenvalue weighted by atomic mass is 32.2. The summed E-state index contributed by atoms with van der Waals surface area (Å²) in [5.41, 5.74) is 0. The van der Waals surface area contributed by atoms with E-state index in [2.05, 4.69) is 0 Å². The van der Waals surface area contributed by atoms with Crippen LogP contribution in [0, 0.1) is 11.3 Å². The smallest absolute Gasteiger partial charge is 0.252 e. The number of hydrogen-bond donors (Lipinski definition) is 0. The molecule has 2 aliphatic rings. The molecule has 1 spiro atoms. The minimum Gasteiger partial charge on any atom is -0.346 e. The lowest BCUT2D eigenvalue weighted by Crippen LogP contribution is -2.50. The lowest BCUT2D eigenvalue weighted by molar-refractivity contribution is -0.179. The summed E-state index contributed by atoms with van der Waals surface area (Å²) < 4.78 is 37.9. The first-order chi connectivity index (χ1) is 9.56. The lowest BCUT2D eigenvalue weighted by atomic mass is 10.1. The van der Waals surface area contributed by atoms with Gasteiger partial charge >= 0.3 is 0 Å². The third-order valence-corrected chi connectivity index (χ3v) is 6.78. The largest absolute Gasteiger partial charge is 0.346 e. The fourth-order valence-electron chi connectivity index (χ4n) is 2.54. The summed E-state index contributed by atoms with van der Waals surface area (Å²) in [6, 6.07) is 4.97. The van der Waals surface area contributed by atoms with Gasteiger partial charge in [0.2, 0.25) is 0 Å². The predicted octanol–water partition coefficient (Wildman–Crippen LogP) is 1.15. The molecule has 0 bridgehead atoms. The third-order valence-electron chi connectivity index (χ3n) is 3.48. The zero-order valence-electron chi connectivity index (χ0n) is 10.7. The van der Waals surface area contributed by atoms with E-state index in [1.165, 1.54) is 16.4 Å². The molecule has 0 N–H and O–H groups in total. The number of nitrogens with zero attached hydrogens (tertiary/aromatic N) is 2. The van der Waals surface area contributed by atoms with Gasteiger partial charge in [0.05, 0.1) is 19.8 Å². The Labute approximate surface area is 121 Å². The molecule has 20 heavy (non-hydrogen) atoms. The monoisotopic (exact) mass is 314 g/mol. The molecule has 1 aromatic heterocycles. The van der Waals surface area contributed by atoms with Gasteiger partial charge in [-0.15, -0.1) is 11.3 Å². The van der Waals surface area contributed by atoms with Crippen molar-refractivity contribution in [1.29, 1.82) is 5.26 Å². The third kappa shape index (κ3) is 2.36. The van der Waals surface area contributed by atoms with Crippen LogP contribution in [0.25, 0.3) is 0 Å². The second-order valence-electron chi connectivity index (χ2n) is 4.78. The molecule has 108 valence electrons. The average molecular weight is 314 g/mol. The molecule has 6 nitrogen and oxygen atoms in total. The van der Waals surface area contributed by atoms with E-state index in [1.54, 1.807) is 0 Å². The molecule has 0 amide bonds. The number of thiophene rings is 1. The molecule has 2 saturated heterocycles. The quantitative estimate of drug-likeness (QED) is 0.818. The molecule has 0 aliphatic carbocycles. The van der Waals surface area contributed by atoms with Crippen LogP contribution >= 0.6 is 11.3 Å². The number of hydrogen-bond acceptors (Lipinski definition) is 6. The first kappa shape index (κ1) is 14.0. The molecule has 2 aliphatic heterocycles. The van der Waals surface area contributed by atoms with Crippen molar-refractivity contribution >= 4 is 21.4 Å². The SMILES string of the molecule is N#Cc1ccc(S(=O)(=O)N2CCCC3(C2)OCCO3)s1. The molecule has 3 rings (SSSR count). The summed E-state index contributed by atoms with van der Waals surface area (Å²) in [5.74, 6) is -0.777. The molecule has 0 atom stereocenters. The predicted molar refractivity (Wildman–Crippen MR) is 71.7 cm³/mol. The summed E-state index contributed by atoms with van der Waals surface area (Å²) in [7, 11) is -3.57. The molecule has 8 heteroatoms. The van der Waals surface area contributed by atoms with Crippen LogP contribution in [0.3, 0.4) is 0 Å². The fourth-order valence-corrected chi connectivity index (χ4v) is 5.31. The standard InChI is InChI=1S/C12H14N2O4S2/c13-8-10-2-3-11(19-10)20(15,16)14-5-1-4-12(9-14)17-6-7-18-12/h2-3H,1,4-7,9H2. The topological polar surface area (TPSA) is 79.6 Å². The van der Waals surface area contributed by atoms with Gasteiger partial charge in [-0.3, -0.25) is 0 Å². The lowest BCUT2D eigenvalue weighted by Gasteiger charge is -2.37. The van der Waals surface area contributed by atoms with E-state index in [4.69, 9.17) is 14.7 Å². The highest BCUT2D eigenvalue weighted by molar-refractivity contribution is 7.91. The number of ether oxygens (including phenoxy) is 2. The number of nitriles is 1. The van der Waals surface area contributed by atoms with Crippen LogP contribution in [-0.2, 0) is 19.5 Å². The van der Waals surface area contributed by atoms with Crippen molar-refractivity contribution in [3.8, 4) is 6.07 Å². The molecule has 0 unspecified atom stereocenters. The van der Waals surface area contributed by atoms with E-state index < -0.39 is 15.8 Å². The summed E-state index contributed by atoms with van der Waals surface area (Å²) in [6.45, 7) is 1.68. The second kappa shape index (κ2) is 5.09. The molecule has 1 aromatic rings. The first-order valence-corrected chi connectivity index (χ1v) is 8.59. The molecule has 0 radical (unpaired) electrons. The molecule has 0 saturated carbocycles. The summed E-state index contributed by atoms with van der Waals surface area (Å²) in [5, 5.41) is 8.81. The highest BCUT2D eigenvalue weighted by Gasteiger charge is 2.44. The van der Waals surface area contributed by atoms with E-state index in [1.807, 2.05) is 6.07 Å². The van der Waals surface area contributed by atoms with Crippen LogP contribution in [0.5, 0.6) is 0 Å². The van der Waals surface area contributed by atoms with Gasteiger partial charge in [0.25, 0.3) is 10.0 Å². The summed E-state index contributed by atoms with van der Waals surface area (Å²) in [4.78, 5) is 0.392. The van der Waals surface area contributed by atoms with Gasteiger partial charge < -0.3 is 9.47 Å². The van der Waals surface area contributed by atoms with Crippen molar-refractivity contribution in [3.05, 3.63) is 17.0 Å². The highest BCUT2D eigenvalue weighted by Crippen LogP contribution is 2.34. The van der Waals surface area contributed by atoms with E-state index >= 15 is 0 Å². The maximum Gasteiger partial charge on any atom is 0.252 e. The van der Waals surface area contributed by atoms with Crippen molar-refractivity contribution in [1.82, 2.24) is 4.31 Å². The first-order valence-electron chi connectivity index (χ1n) is 6.34. The number of piperidine rings is 1. The number of sulfonamides is 1. The molecule has 0 aromatic carbocycles. The van der Waals surface area contributed by atoms with Gasteiger partial charge in [-0.25, -0.2) is 8.42 Å². The Hall–Kier alpha value is -0.980. The average Bonchev–Trinajstić information content (AvgIpc) is 3.08. The van der Waals surface area contributed by atoms with Crippen molar-refractivity contribution in [2.24, 2.45) is 0 Å². The van der Waals surface area contributed by atoms with Crippen LogP contribution in [-0.4, -0.2) is 44.8 Å². The van der Waals surface area contributed by atoms with Crippen molar-refractivity contribution in [2.45, 2.75) is 22.8 Å². The molecule has 3 heterocycles. The molecular formula is C12H14N2O4S2. The van der Waals surface area contributed by atoms with Gasteiger partial charge in [-0.2, -0.15) is 9.57 Å². The summed E-state index contributed by atoms with van der Waals surface area (Å²) in [6.07, 6.45) is 1.42. The normalized spacial score (nSPS) is 22.9. The van der Waals surface area contributed by atoms with Crippen LogP contribution < -0.4 is 0 Å². The van der Waals surface area contributed by atoms with E-state index in [0.29, 0.717) is 37.5 Å². The Morgan fingerprint density at radius 1 is 1.35 bits per heavy atom. The van der Waals surface area contributed by atoms with Gasteiger partial charge in [-0.05, 0) is 18.6 Å². The zero-order valence-corrected chi connectivity index (χ0v) is 12.4. The van der Waals surface area contributed by atoms with E-state index in [9.17, 15) is 8.42 Å². The van der Waals surface area contributed by atoms with Crippen molar-refractivity contribution in [3.63, 3.8) is 0 Å². The van der Waals surface area contributed by atoms with Gasteiger partial charge in [0.1, 0.15) is 15.2 Å². The Morgan fingerprint density at radius 3 is 2.75 bits per heavy atom. The maximum atomic E-state index is 12.6. The van der Waals surface area contributed by atoms with Crippen LogP contribution in [0.15, 0.2) is 16.3 Å². The van der Waals surface area contributed by atoms with Crippen LogP contribution in [0.2, 0.25) is 0 Å². The van der Waals surface area contributed by atoms with Gasteiger partial charge in [-0.1, -0.05) is 0 Å². The van der Waals surface area contributed by atoms with E-state index in [0.717, 1.165) is 11.3 Å². The molecular weight excluding hydrogens is 300 g/mol. The van der Waals surface area contributed by atoms with Crippen LogP contribution in [0.4, 0.5) is 0 Å². The second-order valence-corrected chi connectivity index (χ2v) is 8.03. The Kier molecular flexibility index (Phi) is 3.56. The Bertz CT molecular complexity index is 641. The van der Waals surface area contributed by atoms with Crippen molar-refractivity contribution in [2.75, 3.05) is 26.3 Å². The van der Waals surface area contributed by atoms with Crippen molar-refractivity contribution < 1.29 is 17.9 Å². The Morgan fingerprint density at radius 2 is 2.10 bits per heavy atom. The van der Waals surface area contributed by atoms with Crippen LogP contribution in [0.1, 0.15) is 17.7 Å². The maximum absolute atomic E-state index is 12.6. The Balaban J connectivity index is 1.85.